The number of guanidine groups is 1. The van der Waals surface area contributed by atoms with Gasteiger partial charge < -0.3 is 15.5 Å². The van der Waals surface area contributed by atoms with Gasteiger partial charge in [-0.05, 0) is 43.2 Å². The topological polar surface area (TPSA) is 69.6 Å². The number of hydrogen-bond donors (Lipinski definition) is 2. The third kappa shape index (κ3) is 4.84. The zero-order valence-electron chi connectivity index (χ0n) is 14.8. The molecule has 0 radical (unpaired) electrons. The van der Waals surface area contributed by atoms with Crippen molar-refractivity contribution in [2.45, 2.75) is 38.3 Å². The van der Waals surface area contributed by atoms with E-state index in [1.807, 2.05) is 12.1 Å². The van der Waals surface area contributed by atoms with Crippen LogP contribution >= 0.6 is 11.6 Å². The number of hydrogen-bond acceptors (Lipinski definition) is 3. The van der Waals surface area contributed by atoms with Gasteiger partial charge in [-0.2, -0.15) is 0 Å². The van der Waals surface area contributed by atoms with Crippen molar-refractivity contribution in [3.05, 3.63) is 29.0 Å². The van der Waals surface area contributed by atoms with Crippen LogP contribution in [0.3, 0.4) is 0 Å². The highest BCUT2D eigenvalue weighted by molar-refractivity contribution is 6.30. The Morgan fingerprint density at radius 2 is 2.20 bits per heavy atom. The lowest BCUT2D eigenvalue weighted by atomic mass is 9.95. The third-order valence-electron chi connectivity index (χ3n) is 5.15. The predicted octanol–water partition coefficient (Wildman–Crippen LogP) is 2.05. The molecule has 3 unspecified atom stereocenters. The van der Waals surface area contributed by atoms with Crippen LogP contribution < -0.4 is 10.6 Å². The van der Waals surface area contributed by atoms with E-state index in [9.17, 15) is 4.79 Å². The number of nitrogens with one attached hydrogen (secondary N) is 2. The molecule has 136 valence electrons. The summed E-state index contributed by atoms with van der Waals surface area (Å²) in [4.78, 5) is 22.3. The number of rotatable bonds is 5. The Morgan fingerprint density at radius 1 is 1.36 bits per heavy atom. The molecule has 3 atom stereocenters. The molecule has 0 saturated heterocycles. The van der Waals surface area contributed by atoms with Crippen molar-refractivity contribution in [2.24, 2.45) is 16.8 Å². The second kappa shape index (κ2) is 8.04. The molecule has 2 saturated carbocycles. The summed E-state index contributed by atoms with van der Waals surface area (Å²) >= 11 is 5.87. The standard InChI is InChI=1S/C18H26ClN5O/c1-24(2)17(25)11-22-18(21-10-15-6-5-14(19)9-20-15)23-16-8-12-3-4-13(16)7-12/h5-6,9,12-13,16H,3-4,7-8,10-11H2,1-2H3,(H2,21,22,23). The summed E-state index contributed by atoms with van der Waals surface area (Å²) in [6, 6.07) is 4.13. The fraction of sp³-hybridized carbons (Fsp3) is 0.611. The zero-order chi connectivity index (χ0) is 17.8. The summed E-state index contributed by atoms with van der Waals surface area (Å²) in [5.41, 5.74) is 0.845. The van der Waals surface area contributed by atoms with Crippen molar-refractivity contribution < 1.29 is 4.79 Å². The van der Waals surface area contributed by atoms with E-state index in [0.717, 1.165) is 17.5 Å². The number of aliphatic imine (C=N–C) groups is 1. The molecule has 0 spiro atoms. The number of nitrogens with zero attached hydrogens (tertiary/aromatic N) is 3. The first kappa shape index (κ1) is 18.0. The van der Waals surface area contributed by atoms with Gasteiger partial charge in [-0.1, -0.05) is 18.0 Å². The molecule has 1 heterocycles. The van der Waals surface area contributed by atoms with Gasteiger partial charge in [-0.3, -0.25) is 9.78 Å². The molecule has 2 aliphatic carbocycles. The van der Waals surface area contributed by atoms with Crippen LogP contribution in [0.2, 0.25) is 5.02 Å². The highest BCUT2D eigenvalue weighted by Gasteiger charge is 2.39. The van der Waals surface area contributed by atoms with Gasteiger partial charge in [-0.15, -0.1) is 0 Å². The molecule has 2 aliphatic rings. The fourth-order valence-corrected chi connectivity index (χ4v) is 3.84. The smallest absolute Gasteiger partial charge is 0.241 e. The lowest BCUT2D eigenvalue weighted by Gasteiger charge is -2.25. The average molecular weight is 364 g/mol. The summed E-state index contributed by atoms with van der Waals surface area (Å²) in [6.07, 6.45) is 6.80. The molecule has 0 aliphatic heterocycles. The van der Waals surface area contributed by atoms with E-state index >= 15 is 0 Å². The summed E-state index contributed by atoms with van der Waals surface area (Å²) < 4.78 is 0. The second-order valence-corrected chi connectivity index (χ2v) is 7.64. The number of amides is 1. The van der Waals surface area contributed by atoms with Gasteiger partial charge in [0.1, 0.15) is 0 Å². The molecule has 1 amide bonds. The minimum Gasteiger partial charge on any atom is -0.353 e. The summed E-state index contributed by atoms with van der Waals surface area (Å²) in [6.45, 7) is 0.678. The van der Waals surface area contributed by atoms with E-state index in [1.165, 1.54) is 25.7 Å². The first-order valence-electron chi connectivity index (χ1n) is 8.86. The van der Waals surface area contributed by atoms with Gasteiger partial charge in [0.05, 0.1) is 23.8 Å². The molecule has 7 heteroatoms. The number of aromatic nitrogens is 1. The molecule has 0 aromatic carbocycles. The third-order valence-corrected chi connectivity index (χ3v) is 5.38. The maximum Gasteiger partial charge on any atom is 0.241 e. The molecule has 25 heavy (non-hydrogen) atoms. The fourth-order valence-electron chi connectivity index (χ4n) is 3.73. The number of fused-ring (bicyclic) bond motifs is 2. The van der Waals surface area contributed by atoms with Crippen LogP contribution in [0, 0.1) is 11.8 Å². The van der Waals surface area contributed by atoms with Gasteiger partial charge in [0, 0.05) is 26.3 Å². The Hall–Kier alpha value is -1.82. The van der Waals surface area contributed by atoms with Crippen LogP contribution in [-0.4, -0.2) is 48.4 Å². The van der Waals surface area contributed by atoms with E-state index in [4.69, 9.17) is 11.6 Å². The minimum absolute atomic E-state index is 0.0204. The molecule has 2 bridgehead atoms. The van der Waals surface area contributed by atoms with Crippen molar-refractivity contribution in [3.63, 3.8) is 0 Å². The second-order valence-electron chi connectivity index (χ2n) is 7.20. The molecule has 1 aromatic rings. The predicted molar refractivity (Wildman–Crippen MR) is 99.5 cm³/mol. The van der Waals surface area contributed by atoms with Crippen molar-refractivity contribution in [1.82, 2.24) is 20.5 Å². The largest absolute Gasteiger partial charge is 0.353 e. The molecule has 2 N–H and O–H groups in total. The number of halogens is 1. The van der Waals surface area contributed by atoms with Crippen LogP contribution in [0.15, 0.2) is 23.3 Å². The lowest BCUT2D eigenvalue weighted by molar-refractivity contribution is -0.127. The van der Waals surface area contributed by atoms with Crippen LogP contribution in [0.1, 0.15) is 31.4 Å². The number of carbonyl (C=O) groups excluding carboxylic acids is 1. The normalized spacial score (nSPS) is 25.1. The Balaban J connectivity index is 1.63. The first-order chi connectivity index (χ1) is 12.0. The maximum absolute atomic E-state index is 11.9. The van der Waals surface area contributed by atoms with Gasteiger partial charge in [0.25, 0.3) is 0 Å². The van der Waals surface area contributed by atoms with Crippen molar-refractivity contribution >= 4 is 23.5 Å². The van der Waals surface area contributed by atoms with Crippen molar-refractivity contribution in [2.75, 3.05) is 20.6 Å². The van der Waals surface area contributed by atoms with E-state index < -0.39 is 0 Å². The zero-order valence-corrected chi connectivity index (χ0v) is 15.6. The minimum atomic E-state index is 0.0204. The van der Waals surface area contributed by atoms with Crippen LogP contribution in [0.25, 0.3) is 0 Å². The number of pyridine rings is 1. The monoisotopic (exact) mass is 363 g/mol. The van der Waals surface area contributed by atoms with Gasteiger partial charge >= 0.3 is 0 Å². The highest BCUT2D eigenvalue weighted by Crippen LogP contribution is 2.44. The van der Waals surface area contributed by atoms with Crippen LogP contribution in [0.4, 0.5) is 0 Å². The van der Waals surface area contributed by atoms with E-state index in [1.54, 1.807) is 25.2 Å². The van der Waals surface area contributed by atoms with E-state index in [2.05, 4.69) is 20.6 Å². The maximum atomic E-state index is 11.9. The molecule has 1 aromatic heterocycles. The Morgan fingerprint density at radius 3 is 2.80 bits per heavy atom. The van der Waals surface area contributed by atoms with E-state index in [-0.39, 0.29) is 12.5 Å². The first-order valence-corrected chi connectivity index (χ1v) is 9.24. The molecular weight excluding hydrogens is 338 g/mol. The molecule has 3 rings (SSSR count). The van der Waals surface area contributed by atoms with Crippen molar-refractivity contribution in [3.8, 4) is 0 Å². The van der Waals surface area contributed by atoms with Crippen LogP contribution in [0.5, 0.6) is 0 Å². The summed E-state index contributed by atoms with van der Waals surface area (Å²) in [7, 11) is 3.50. The van der Waals surface area contributed by atoms with Crippen LogP contribution in [-0.2, 0) is 11.3 Å². The summed E-state index contributed by atoms with van der Waals surface area (Å²) in [5, 5.41) is 7.31. The SMILES string of the molecule is CN(C)C(=O)CNC(=NCc1ccc(Cl)cn1)NC1CC2CCC1C2. The van der Waals surface area contributed by atoms with Gasteiger partial charge in [-0.25, -0.2) is 4.99 Å². The Labute approximate surface area is 154 Å². The molecule has 6 nitrogen and oxygen atoms in total. The quantitative estimate of drug-likeness (QED) is 0.620. The van der Waals surface area contributed by atoms with E-state index in [0.29, 0.717) is 23.6 Å². The number of carbonyl (C=O) groups is 1. The molecule has 2 fully saturated rings. The number of likely N-dealkylation sites (N-methyl/N-ethyl adjacent to an activating group) is 1. The van der Waals surface area contributed by atoms with Gasteiger partial charge in [0.2, 0.25) is 5.91 Å². The Bertz CT molecular complexity index is 631. The van der Waals surface area contributed by atoms with Gasteiger partial charge in [0.15, 0.2) is 5.96 Å². The summed E-state index contributed by atoms with van der Waals surface area (Å²) in [5.74, 6) is 2.29. The highest BCUT2D eigenvalue weighted by atomic mass is 35.5. The van der Waals surface area contributed by atoms with Crippen molar-refractivity contribution in [1.29, 1.82) is 0 Å². The molecular formula is C18H26ClN5O. The average Bonchev–Trinajstić information content (AvgIpc) is 3.21. The lowest BCUT2D eigenvalue weighted by Crippen LogP contribution is -2.48. The Kier molecular flexibility index (Phi) is 5.78.